The quantitative estimate of drug-likeness (QED) is 0.736. The van der Waals surface area contributed by atoms with Crippen LogP contribution in [-0.2, 0) is 0 Å². The van der Waals surface area contributed by atoms with Gasteiger partial charge in [-0.05, 0) is 43.7 Å². The zero-order valence-electron chi connectivity index (χ0n) is 10.9. The van der Waals surface area contributed by atoms with Crippen LogP contribution in [0.25, 0.3) is 0 Å². The lowest BCUT2D eigenvalue weighted by Gasteiger charge is -2.11. The Kier molecular flexibility index (Phi) is 3.42. The minimum atomic E-state index is -1.02. The van der Waals surface area contributed by atoms with Gasteiger partial charge in [0.15, 0.2) is 0 Å². The molecular formula is C15H16N2O2. The predicted octanol–water partition coefficient (Wildman–Crippen LogP) is 3.33. The molecule has 4 nitrogen and oxygen atoms in total. The van der Waals surface area contributed by atoms with E-state index in [1.54, 1.807) is 13.0 Å². The largest absolute Gasteiger partial charge is 0.478 e. The molecule has 0 fully saturated rings. The van der Waals surface area contributed by atoms with Crippen LogP contribution in [0, 0.1) is 13.8 Å². The highest BCUT2D eigenvalue weighted by Crippen LogP contribution is 2.25. The summed E-state index contributed by atoms with van der Waals surface area (Å²) in [6.07, 6.45) is 0. The van der Waals surface area contributed by atoms with E-state index in [1.807, 2.05) is 37.3 Å². The summed E-state index contributed by atoms with van der Waals surface area (Å²) in [5, 5.41) is 12.3. The van der Waals surface area contributed by atoms with Gasteiger partial charge in [0.05, 0.1) is 5.56 Å². The molecule has 0 aromatic heterocycles. The summed E-state index contributed by atoms with van der Waals surface area (Å²) in [7, 11) is 0. The molecule has 0 bridgehead atoms. The van der Waals surface area contributed by atoms with Gasteiger partial charge in [-0.3, -0.25) is 0 Å². The van der Waals surface area contributed by atoms with Crippen LogP contribution in [0.3, 0.4) is 0 Å². The Morgan fingerprint density at radius 1 is 1.11 bits per heavy atom. The molecule has 4 N–H and O–H groups in total. The summed E-state index contributed by atoms with van der Waals surface area (Å²) in [6.45, 7) is 3.81. The molecule has 0 saturated heterocycles. The molecule has 0 radical (unpaired) electrons. The number of anilines is 3. The number of carboxylic acid groups (broad SMARTS) is 1. The van der Waals surface area contributed by atoms with Crippen LogP contribution in [0.5, 0.6) is 0 Å². The molecule has 98 valence electrons. The SMILES string of the molecule is Cc1ccc(Nc2cc(C)c(N)c(C(=O)O)c2)cc1. The maximum absolute atomic E-state index is 11.1. The van der Waals surface area contributed by atoms with Gasteiger partial charge < -0.3 is 16.2 Å². The van der Waals surface area contributed by atoms with Crippen molar-refractivity contribution in [2.45, 2.75) is 13.8 Å². The van der Waals surface area contributed by atoms with Crippen molar-refractivity contribution in [2.75, 3.05) is 11.1 Å². The first-order chi connectivity index (χ1) is 8.97. The van der Waals surface area contributed by atoms with Crippen molar-refractivity contribution in [1.29, 1.82) is 0 Å². The Morgan fingerprint density at radius 2 is 1.74 bits per heavy atom. The molecule has 0 aliphatic heterocycles. The molecule has 0 unspecified atom stereocenters. The number of nitrogens with one attached hydrogen (secondary N) is 1. The standard InChI is InChI=1S/C15H16N2O2/c1-9-3-5-11(6-4-9)17-12-7-10(2)14(16)13(8-12)15(18)19/h3-8,17H,16H2,1-2H3,(H,18,19). The van der Waals surface area contributed by atoms with Crippen molar-refractivity contribution in [3.63, 3.8) is 0 Å². The van der Waals surface area contributed by atoms with Crippen molar-refractivity contribution in [2.24, 2.45) is 0 Å². The van der Waals surface area contributed by atoms with Crippen molar-refractivity contribution in [3.8, 4) is 0 Å². The Labute approximate surface area is 111 Å². The second kappa shape index (κ2) is 5.02. The van der Waals surface area contributed by atoms with Crippen molar-refractivity contribution in [1.82, 2.24) is 0 Å². The van der Waals surface area contributed by atoms with E-state index in [0.29, 0.717) is 11.4 Å². The van der Waals surface area contributed by atoms with Crippen LogP contribution in [0.1, 0.15) is 21.5 Å². The lowest BCUT2D eigenvalue weighted by molar-refractivity contribution is 0.0698. The number of benzene rings is 2. The highest BCUT2D eigenvalue weighted by atomic mass is 16.4. The second-order valence-corrected chi connectivity index (χ2v) is 4.55. The topological polar surface area (TPSA) is 75.3 Å². The first-order valence-corrected chi connectivity index (χ1v) is 5.94. The highest BCUT2D eigenvalue weighted by Gasteiger charge is 2.11. The third-order valence-corrected chi connectivity index (χ3v) is 2.96. The molecule has 0 aliphatic carbocycles. The van der Waals surface area contributed by atoms with Gasteiger partial charge in [-0.1, -0.05) is 17.7 Å². The zero-order chi connectivity index (χ0) is 14.0. The molecule has 0 heterocycles. The summed E-state index contributed by atoms with van der Waals surface area (Å²) in [5.41, 5.74) is 9.73. The van der Waals surface area contributed by atoms with Gasteiger partial charge in [0.2, 0.25) is 0 Å². The van der Waals surface area contributed by atoms with Crippen LogP contribution >= 0.6 is 0 Å². The number of hydrogen-bond donors (Lipinski definition) is 3. The smallest absolute Gasteiger partial charge is 0.337 e. The van der Waals surface area contributed by atoms with E-state index in [1.165, 1.54) is 5.56 Å². The molecule has 2 rings (SSSR count). The number of nitrogen functional groups attached to an aromatic ring is 1. The van der Waals surface area contributed by atoms with Crippen LogP contribution in [0.15, 0.2) is 36.4 Å². The third-order valence-electron chi connectivity index (χ3n) is 2.96. The van der Waals surface area contributed by atoms with Gasteiger partial charge >= 0.3 is 5.97 Å². The van der Waals surface area contributed by atoms with E-state index in [2.05, 4.69) is 5.32 Å². The minimum Gasteiger partial charge on any atom is -0.478 e. The molecule has 4 heteroatoms. The number of rotatable bonds is 3. The van der Waals surface area contributed by atoms with E-state index in [0.717, 1.165) is 11.3 Å². The van der Waals surface area contributed by atoms with Gasteiger partial charge in [0.25, 0.3) is 0 Å². The maximum atomic E-state index is 11.1. The van der Waals surface area contributed by atoms with Gasteiger partial charge in [-0.15, -0.1) is 0 Å². The fraction of sp³-hybridized carbons (Fsp3) is 0.133. The minimum absolute atomic E-state index is 0.120. The first kappa shape index (κ1) is 13.0. The molecule has 0 saturated carbocycles. The molecule has 0 amide bonds. The molecule has 0 aliphatic rings. The number of aromatic carboxylic acids is 1. The average Bonchev–Trinajstić information content (AvgIpc) is 2.36. The number of carbonyl (C=O) groups is 1. The van der Waals surface area contributed by atoms with Crippen LogP contribution in [0.4, 0.5) is 17.1 Å². The third kappa shape index (κ3) is 2.85. The lowest BCUT2D eigenvalue weighted by Crippen LogP contribution is -2.05. The molecule has 2 aromatic rings. The monoisotopic (exact) mass is 256 g/mol. The summed E-state index contributed by atoms with van der Waals surface area (Å²) in [4.78, 5) is 11.1. The number of carboxylic acids is 1. The Hall–Kier alpha value is -2.49. The van der Waals surface area contributed by atoms with Crippen LogP contribution in [0.2, 0.25) is 0 Å². The van der Waals surface area contributed by atoms with Crippen molar-refractivity contribution >= 4 is 23.0 Å². The molecule has 0 spiro atoms. The van der Waals surface area contributed by atoms with Crippen LogP contribution in [-0.4, -0.2) is 11.1 Å². The maximum Gasteiger partial charge on any atom is 0.337 e. The van der Waals surface area contributed by atoms with Gasteiger partial charge in [0, 0.05) is 17.1 Å². The highest BCUT2D eigenvalue weighted by molar-refractivity contribution is 5.96. The normalized spacial score (nSPS) is 10.2. The van der Waals surface area contributed by atoms with E-state index in [4.69, 9.17) is 10.8 Å². The summed E-state index contributed by atoms with van der Waals surface area (Å²) in [5.74, 6) is -1.02. The van der Waals surface area contributed by atoms with E-state index < -0.39 is 5.97 Å². The van der Waals surface area contributed by atoms with Crippen molar-refractivity contribution in [3.05, 3.63) is 53.1 Å². The Bertz CT molecular complexity index is 619. The van der Waals surface area contributed by atoms with Crippen LogP contribution < -0.4 is 11.1 Å². The van der Waals surface area contributed by atoms with Crippen molar-refractivity contribution < 1.29 is 9.90 Å². The summed E-state index contributed by atoms with van der Waals surface area (Å²) < 4.78 is 0. The first-order valence-electron chi connectivity index (χ1n) is 5.94. The van der Waals surface area contributed by atoms with Gasteiger partial charge in [-0.2, -0.15) is 0 Å². The molecule has 0 atom stereocenters. The Morgan fingerprint density at radius 3 is 2.32 bits per heavy atom. The molecule has 2 aromatic carbocycles. The fourth-order valence-corrected chi connectivity index (χ4v) is 1.85. The fourth-order valence-electron chi connectivity index (χ4n) is 1.85. The zero-order valence-corrected chi connectivity index (χ0v) is 10.9. The predicted molar refractivity (Wildman–Crippen MR) is 77.0 cm³/mol. The Balaban J connectivity index is 2.35. The number of hydrogen-bond acceptors (Lipinski definition) is 3. The van der Waals surface area contributed by atoms with E-state index >= 15 is 0 Å². The summed E-state index contributed by atoms with van der Waals surface area (Å²) >= 11 is 0. The molecule has 19 heavy (non-hydrogen) atoms. The van der Waals surface area contributed by atoms with E-state index in [9.17, 15) is 4.79 Å². The van der Waals surface area contributed by atoms with Gasteiger partial charge in [-0.25, -0.2) is 4.79 Å². The average molecular weight is 256 g/mol. The second-order valence-electron chi connectivity index (χ2n) is 4.55. The lowest BCUT2D eigenvalue weighted by atomic mass is 10.1. The molecular weight excluding hydrogens is 240 g/mol. The summed E-state index contributed by atoms with van der Waals surface area (Å²) in [6, 6.07) is 11.3. The number of aryl methyl sites for hydroxylation is 2. The van der Waals surface area contributed by atoms with Gasteiger partial charge in [0.1, 0.15) is 0 Å². The van der Waals surface area contributed by atoms with E-state index in [-0.39, 0.29) is 5.56 Å². The number of nitrogens with two attached hydrogens (primary N) is 1.